The molecule has 0 saturated carbocycles. The molecule has 2 heterocycles. The summed E-state index contributed by atoms with van der Waals surface area (Å²) in [5.41, 5.74) is 0. The standard InChI is InChI=1S/C14H18N2O6S/c1-3-10-11(17)16(9(8-23-10)14(20)21-2)13(19)12(18)15-4-6-22-7-5-15/h3,9H,4-8H2,1-2H3. The summed E-state index contributed by atoms with van der Waals surface area (Å²) in [5.74, 6) is -3.01. The quantitative estimate of drug-likeness (QED) is 0.357. The third-order valence-corrected chi connectivity index (χ3v) is 4.78. The number of hydrogen-bond acceptors (Lipinski definition) is 7. The van der Waals surface area contributed by atoms with Gasteiger partial charge in [0.25, 0.3) is 5.91 Å². The fourth-order valence-corrected chi connectivity index (χ4v) is 3.33. The van der Waals surface area contributed by atoms with Crippen molar-refractivity contribution in [3.63, 3.8) is 0 Å². The third-order valence-electron chi connectivity index (χ3n) is 3.57. The molecule has 0 aromatic carbocycles. The first-order chi connectivity index (χ1) is 11.0. The molecule has 1 unspecified atom stereocenters. The van der Waals surface area contributed by atoms with Crippen LogP contribution < -0.4 is 0 Å². The van der Waals surface area contributed by atoms with Crippen LogP contribution in [0.3, 0.4) is 0 Å². The molecule has 2 rings (SSSR count). The number of carbonyl (C=O) groups is 4. The van der Waals surface area contributed by atoms with E-state index < -0.39 is 29.7 Å². The Hall–Kier alpha value is -1.87. The number of allylic oxidation sites excluding steroid dienone is 1. The van der Waals surface area contributed by atoms with Crippen molar-refractivity contribution in [2.45, 2.75) is 13.0 Å². The van der Waals surface area contributed by atoms with Gasteiger partial charge in [-0.05, 0) is 6.92 Å². The maximum Gasteiger partial charge on any atom is 0.329 e. The van der Waals surface area contributed by atoms with Crippen LogP contribution in [0.15, 0.2) is 11.0 Å². The maximum absolute atomic E-state index is 12.5. The first-order valence-corrected chi connectivity index (χ1v) is 8.11. The molecule has 23 heavy (non-hydrogen) atoms. The molecule has 2 aliphatic rings. The minimum absolute atomic E-state index is 0.167. The summed E-state index contributed by atoms with van der Waals surface area (Å²) in [6, 6.07) is -1.10. The second-order valence-corrected chi connectivity index (χ2v) is 5.95. The Morgan fingerprint density at radius 3 is 2.48 bits per heavy atom. The van der Waals surface area contributed by atoms with Gasteiger partial charge in [-0.3, -0.25) is 19.3 Å². The summed E-state index contributed by atoms with van der Waals surface area (Å²) < 4.78 is 9.78. The molecule has 1 atom stereocenters. The van der Waals surface area contributed by atoms with Crippen LogP contribution >= 0.6 is 11.8 Å². The van der Waals surface area contributed by atoms with Gasteiger partial charge in [-0.25, -0.2) is 4.79 Å². The first-order valence-electron chi connectivity index (χ1n) is 7.12. The van der Waals surface area contributed by atoms with Gasteiger partial charge >= 0.3 is 17.8 Å². The molecule has 0 aliphatic carbocycles. The maximum atomic E-state index is 12.5. The highest BCUT2D eigenvalue weighted by molar-refractivity contribution is 8.04. The van der Waals surface area contributed by atoms with Crippen molar-refractivity contribution < 1.29 is 28.7 Å². The number of nitrogens with zero attached hydrogens (tertiary/aromatic N) is 2. The normalized spacial score (nSPS) is 23.8. The van der Waals surface area contributed by atoms with Crippen molar-refractivity contribution in [2.75, 3.05) is 39.2 Å². The van der Waals surface area contributed by atoms with Gasteiger partial charge in [-0.2, -0.15) is 0 Å². The largest absolute Gasteiger partial charge is 0.467 e. The highest BCUT2D eigenvalue weighted by Crippen LogP contribution is 2.28. The van der Waals surface area contributed by atoms with E-state index in [2.05, 4.69) is 4.74 Å². The number of rotatable bonds is 1. The Labute approximate surface area is 137 Å². The summed E-state index contributed by atoms with van der Waals surface area (Å²) in [6.45, 7) is 2.89. The lowest BCUT2D eigenvalue weighted by Gasteiger charge is -2.34. The van der Waals surface area contributed by atoms with Crippen LogP contribution in [0.2, 0.25) is 0 Å². The van der Waals surface area contributed by atoms with Crippen LogP contribution in [0, 0.1) is 0 Å². The fourth-order valence-electron chi connectivity index (χ4n) is 2.32. The number of esters is 1. The molecule has 3 amide bonds. The number of thioether (sulfide) groups is 1. The van der Waals surface area contributed by atoms with Gasteiger partial charge < -0.3 is 14.4 Å². The van der Waals surface area contributed by atoms with Gasteiger partial charge in [0.1, 0.15) is 6.04 Å². The molecule has 9 heteroatoms. The first kappa shape index (κ1) is 17.5. The zero-order valence-corrected chi connectivity index (χ0v) is 13.8. The summed E-state index contributed by atoms with van der Waals surface area (Å²) in [4.78, 5) is 51.5. The number of amides is 3. The molecular weight excluding hydrogens is 324 g/mol. The Kier molecular flexibility index (Phi) is 5.78. The number of hydrogen-bond donors (Lipinski definition) is 0. The lowest BCUT2D eigenvalue weighted by molar-refractivity contribution is -0.164. The van der Waals surface area contributed by atoms with E-state index >= 15 is 0 Å². The third kappa shape index (κ3) is 3.56. The number of methoxy groups -OCH3 is 1. The minimum atomic E-state index is -1.10. The van der Waals surface area contributed by atoms with Crippen LogP contribution in [0.1, 0.15) is 6.92 Å². The van der Waals surface area contributed by atoms with Crippen LogP contribution in [0.4, 0.5) is 0 Å². The molecule has 0 aromatic heterocycles. The highest BCUT2D eigenvalue weighted by Gasteiger charge is 2.44. The molecular formula is C14H18N2O6S. The van der Waals surface area contributed by atoms with Gasteiger partial charge in [0.2, 0.25) is 0 Å². The SMILES string of the molecule is CC=C1SCC(C(=O)OC)N(C(=O)C(=O)N2CCOCC2)C1=O. The molecule has 2 aliphatic heterocycles. The van der Waals surface area contributed by atoms with E-state index in [-0.39, 0.29) is 18.8 Å². The van der Waals surface area contributed by atoms with Gasteiger partial charge in [0, 0.05) is 18.8 Å². The van der Waals surface area contributed by atoms with E-state index in [4.69, 9.17) is 4.74 Å². The van der Waals surface area contributed by atoms with E-state index in [1.165, 1.54) is 12.0 Å². The molecule has 0 aromatic rings. The van der Waals surface area contributed by atoms with Gasteiger partial charge in [-0.15, -0.1) is 11.8 Å². The van der Waals surface area contributed by atoms with Crippen molar-refractivity contribution in [1.29, 1.82) is 0 Å². The zero-order chi connectivity index (χ0) is 17.0. The topological polar surface area (TPSA) is 93.2 Å². The Morgan fingerprint density at radius 2 is 1.91 bits per heavy atom. The van der Waals surface area contributed by atoms with E-state index in [1.54, 1.807) is 13.0 Å². The number of morpholine rings is 1. The van der Waals surface area contributed by atoms with Gasteiger partial charge in [-0.1, -0.05) is 6.08 Å². The number of ether oxygens (including phenoxy) is 2. The van der Waals surface area contributed by atoms with Crippen molar-refractivity contribution in [3.8, 4) is 0 Å². The van der Waals surface area contributed by atoms with Crippen molar-refractivity contribution in [2.24, 2.45) is 0 Å². The monoisotopic (exact) mass is 342 g/mol. The predicted molar refractivity (Wildman–Crippen MR) is 81.3 cm³/mol. The molecule has 0 bridgehead atoms. The smallest absolute Gasteiger partial charge is 0.329 e. The van der Waals surface area contributed by atoms with Crippen molar-refractivity contribution in [1.82, 2.24) is 9.80 Å². The molecule has 0 spiro atoms. The van der Waals surface area contributed by atoms with Crippen LogP contribution in [0.5, 0.6) is 0 Å². The number of imide groups is 1. The molecule has 8 nitrogen and oxygen atoms in total. The molecule has 2 fully saturated rings. The zero-order valence-electron chi connectivity index (χ0n) is 12.9. The Balaban J connectivity index is 2.25. The number of carbonyl (C=O) groups excluding carboxylic acids is 4. The molecule has 0 N–H and O–H groups in total. The van der Waals surface area contributed by atoms with Crippen LogP contribution in [-0.4, -0.2) is 78.7 Å². The van der Waals surface area contributed by atoms with E-state index in [0.717, 1.165) is 16.7 Å². The summed E-state index contributed by atoms with van der Waals surface area (Å²) in [6.07, 6.45) is 1.56. The van der Waals surface area contributed by atoms with Gasteiger partial charge in [0.15, 0.2) is 0 Å². The molecule has 2 saturated heterocycles. The molecule has 0 radical (unpaired) electrons. The minimum Gasteiger partial charge on any atom is -0.467 e. The van der Waals surface area contributed by atoms with E-state index in [9.17, 15) is 19.2 Å². The lowest BCUT2D eigenvalue weighted by atomic mass is 10.2. The average Bonchev–Trinajstić information content (AvgIpc) is 2.60. The van der Waals surface area contributed by atoms with Crippen LogP contribution in [-0.2, 0) is 28.7 Å². The predicted octanol–water partition coefficient (Wildman–Crippen LogP) is -0.607. The highest BCUT2D eigenvalue weighted by atomic mass is 32.2. The average molecular weight is 342 g/mol. The summed E-state index contributed by atoms with van der Waals surface area (Å²) in [7, 11) is 1.18. The Morgan fingerprint density at radius 1 is 1.26 bits per heavy atom. The fraction of sp³-hybridized carbons (Fsp3) is 0.571. The second-order valence-electron chi connectivity index (χ2n) is 4.89. The van der Waals surface area contributed by atoms with Crippen molar-refractivity contribution >= 4 is 35.5 Å². The molecule has 126 valence electrons. The summed E-state index contributed by atoms with van der Waals surface area (Å²) in [5, 5.41) is 0. The Bertz CT molecular complexity index is 555. The lowest BCUT2D eigenvalue weighted by Crippen LogP contribution is -2.58. The van der Waals surface area contributed by atoms with E-state index in [1.807, 2.05) is 0 Å². The van der Waals surface area contributed by atoms with E-state index in [0.29, 0.717) is 18.1 Å². The van der Waals surface area contributed by atoms with Gasteiger partial charge in [0.05, 0.1) is 25.2 Å². The second kappa shape index (κ2) is 7.60. The van der Waals surface area contributed by atoms with Crippen LogP contribution in [0.25, 0.3) is 0 Å². The summed E-state index contributed by atoms with van der Waals surface area (Å²) >= 11 is 1.16. The van der Waals surface area contributed by atoms with Crippen molar-refractivity contribution in [3.05, 3.63) is 11.0 Å².